The molecule has 12 heteroatoms. The molecular formula is C32H30N2O10. The Bertz CT molecular complexity index is 1610. The predicted octanol–water partition coefficient (Wildman–Crippen LogP) is 7.52. The van der Waals surface area contributed by atoms with Gasteiger partial charge in [-0.15, -0.1) is 0 Å². The van der Waals surface area contributed by atoms with Gasteiger partial charge in [-0.3, -0.25) is 20.2 Å². The van der Waals surface area contributed by atoms with Crippen molar-refractivity contribution >= 4 is 23.7 Å². The Morgan fingerprint density at radius 1 is 0.750 bits per heavy atom. The molecule has 44 heavy (non-hydrogen) atoms. The lowest BCUT2D eigenvalue weighted by Gasteiger charge is -2.50. The molecule has 3 aliphatic carbocycles. The number of nitro groups is 2. The molecule has 6 rings (SSSR count). The normalized spacial score (nSPS) is 25.0. The number of nitro benzene ring substituents is 2. The van der Waals surface area contributed by atoms with Crippen LogP contribution in [0.3, 0.4) is 0 Å². The van der Waals surface area contributed by atoms with Gasteiger partial charge in [0.1, 0.15) is 23.4 Å². The standard InChI is InChI=1S/C32H30N2O10/c1-32-17-16-26-25-13-11-24(43-30(35)41-22-7-3-20(4-8-22)33(37)38)18-19(25)2-12-27(26)28(32)14-15-29(32)44-31(36)42-23-9-5-21(6-10-23)34(39)40/h3-11,13,18,26-29H,2,12,14-17H2,1H3/t26?,27?,28?,29-,32-/m0/s1. The predicted molar refractivity (Wildman–Crippen MR) is 155 cm³/mol. The second-order valence-electron chi connectivity index (χ2n) is 11.8. The number of benzene rings is 3. The van der Waals surface area contributed by atoms with Crippen LogP contribution in [0.5, 0.6) is 17.2 Å². The number of carbonyl (C=O) groups is 2. The highest BCUT2D eigenvalue weighted by atomic mass is 16.7. The molecule has 3 aliphatic rings. The van der Waals surface area contributed by atoms with E-state index in [0.29, 0.717) is 23.5 Å². The second-order valence-corrected chi connectivity index (χ2v) is 11.8. The molecule has 2 fully saturated rings. The van der Waals surface area contributed by atoms with Gasteiger partial charge in [0.05, 0.1) is 9.85 Å². The van der Waals surface area contributed by atoms with Crippen LogP contribution in [0.4, 0.5) is 21.0 Å². The Hall–Kier alpha value is -5.00. The van der Waals surface area contributed by atoms with Gasteiger partial charge < -0.3 is 18.9 Å². The van der Waals surface area contributed by atoms with Crippen molar-refractivity contribution in [3.63, 3.8) is 0 Å². The third-order valence-electron chi connectivity index (χ3n) is 9.55. The van der Waals surface area contributed by atoms with Crippen molar-refractivity contribution in [2.45, 2.75) is 57.5 Å². The van der Waals surface area contributed by atoms with Gasteiger partial charge in [0.2, 0.25) is 0 Å². The molecule has 3 aromatic rings. The van der Waals surface area contributed by atoms with Crippen LogP contribution in [0.1, 0.15) is 56.1 Å². The first kappa shape index (κ1) is 29.1. The van der Waals surface area contributed by atoms with Crippen LogP contribution in [0.15, 0.2) is 66.7 Å². The highest BCUT2D eigenvalue weighted by Gasteiger charge is 2.56. The van der Waals surface area contributed by atoms with Crippen molar-refractivity contribution in [1.29, 1.82) is 0 Å². The van der Waals surface area contributed by atoms with Gasteiger partial charge in [-0.05, 0) is 104 Å². The fraction of sp³-hybridized carbons (Fsp3) is 0.375. The summed E-state index contributed by atoms with van der Waals surface area (Å²) in [4.78, 5) is 45.6. The molecule has 0 amide bonds. The zero-order valence-electron chi connectivity index (χ0n) is 23.9. The lowest BCUT2D eigenvalue weighted by molar-refractivity contribution is -0.385. The molecular weight excluding hydrogens is 572 g/mol. The Morgan fingerprint density at radius 3 is 1.93 bits per heavy atom. The second kappa shape index (κ2) is 11.6. The largest absolute Gasteiger partial charge is 0.519 e. The number of hydrogen-bond acceptors (Lipinski definition) is 10. The quantitative estimate of drug-likeness (QED) is 0.120. The zero-order valence-corrected chi connectivity index (χ0v) is 23.9. The first-order chi connectivity index (χ1) is 21.1. The molecule has 2 saturated carbocycles. The third kappa shape index (κ3) is 5.67. The van der Waals surface area contributed by atoms with Crippen molar-refractivity contribution in [3.05, 3.63) is 98.1 Å². The lowest BCUT2D eigenvalue weighted by Crippen LogP contribution is -2.45. The van der Waals surface area contributed by atoms with Crippen LogP contribution in [0.25, 0.3) is 0 Å². The summed E-state index contributed by atoms with van der Waals surface area (Å²) < 4.78 is 21.7. The van der Waals surface area contributed by atoms with Gasteiger partial charge in [0.25, 0.3) is 11.4 Å². The Balaban J connectivity index is 1.07. The number of nitrogens with zero attached hydrogens (tertiary/aromatic N) is 2. The average Bonchev–Trinajstić information content (AvgIpc) is 3.33. The fourth-order valence-electron chi connectivity index (χ4n) is 7.49. The van der Waals surface area contributed by atoms with E-state index in [1.54, 1.807) is 6.07 Å². The van der Waals surface area contributed by atoms with E-state index >= 15 is 0 Å². The molecule has 5 atom stereocenters. The van der Waals surface area contributed by atoms with E-state index in [4.69, 9.17) is 18.9 Å². The van der Waals surface area contributed by atoms with Crippen molar-refractivity contribution < 1.29 is 38.4 Å². The molecule has 0 radical (unpaired) electrons. The fourth-order valence-corrected chi connectivity index (χ4v) is 7.49. The molecule has 3 unspecified atom stereocenters. The molecule has 0 N–H and O–H groups in total. The monoisotopic (exact) mass is 602 g/mol. The summed E-state index contributed by atoms with van der Waals surface area (Å²) in [5, 5.41) is 21.7. The van der Waals surface area contributed by atoms with E-state index in [-0.39, 0.29) is 34.4 Å². The maximum Gasteiger partial charge on any atom is 0.519 e. The minimum atomic E-state index is -0.926. The van der Waals surface area contributed by atoms with E-state index in [2.05, 4.69) is 6.92 Å². The number of rotatable bonds is 6. The van der Waals surface area contributed by atoms with E-state index < -0.39 is 22.2 Å². The Morgan fingerprint density at radius 2 is 1.32 bits per heavy atom. The minimum absolute atomic E-state index is 0.0892. The molecule has 0 saturated heterocycles. The SMILES string of the molecule is C[C@]12CCC3c4ccc(OC(=O)Oc5ccc([N+](=O)[O-])cc5)cc4CCC3C1CC[C@@H]2OC(=O)Oc1ccc([N+](=O)[O-])cc1. The minimum Gasteiger partial charge on any atom is -0.430 e. The lowest BCUT2D eigenvalue weighted by atomic mass is 9.55. The number of aryl methyl sites for hydroxylation is 1. The molecule has 228 valence electrons. The van der Waals surface area contributed by atoms with Gasteiger partial charge >= 0.3 is 12.3 Å². The van der Waals surface area contributed by atoms with Crippen LogP contribution >= 0.6 is 0 Å². The summed E-state index contributed by atoms with van der Waals surface area (Å²) in [6, 6.07) is 16.1. The number of ether oxygens (including phenoxy) is 4. The summed E-state index contributed by atoms with van der Waals surface area (Å²) in [6.07, 6.45) is 3.29. The summed E-state index contributed by atoms with van der Waals surface area (Å²) in [6.45, 7) is 2.20. The maximum absolute atomic E-state index is 12.7. The third-order valence-corrected chi connectivity index (χ3v) is 9.55. The summed E-state index contributed by atoms with van der Waals surface area (Å²) in [7, 11) is 0. The number of carbonyl (C=O) groups excluding carboxylic acids is 2. The van der Waals surface area contributed by atoms with Gasteiger partial charge in [-0.2, -0.15) is 0 Å². The molecule has 0 bridgehead atoms. The van der Waals surface area contributed by atoms with E-state index in [1.807, 2.05) is 12.1 Å². The van der Waals surface area contributed by atoms with Gasteiger partial charge in [-0.1, -0.05) is 13.0 Å². The summed E-state index contributed by atoms with van der Waals surface area (Å²) in [5.41, 5.74) is 2.00. The number of fused-ring (bicyclic) bond motifs is 5. The van der Waals surface area contributed by atoms with Crippen molar-refractivity contribution in [2.24, 2.45) is 17.3 Å². The summed E-state index contributed by atoms with van der Waals surface area (Å²) >= 11 is 0. The highest BCUT2D eigenvalue weighted by molar-refractivity contribution is 5.67. The van der Waals surface area contributed by atoms with E-state index in [1.165, 1.54) is 54.1 Å². The average molecular weight is 603 g/mol. The van der Waals surface area contributed by atoms with Gasteiger partial charge in [0, 0.05) is 29.7 Å². The van der Waals surface area contributed by atoms with Crippen molar-refractivity contribution in [2.75, 3.05) is 0 Å². The summed E-state index contributed by atoms with van der Waals surface area (Å²) in [5.74, 6) is 1.86. The van der Waals surface area contributed by atoms with E-state index in [9.17, 15) is 29.8 Å². The first-order valence-corrected chi connectivity index (χ1v) is 14.5. The van der Waals surface area contributed by atoms with Gasteiger partial charge in [-0.25, -0.2) is 9.59 Å². The van der Waals surface area contributed by atoms with Crippen LogP contribution < -0.4 is 14.2 Å². The molecule has 3 aromatic carbocycles. The molecule has 0 aromatic heterocycles. The zero-order chi connectivity index (χ0) is 31.0. The topological polar surface area (TPSA) is 157 Å². The van der Waals surface area contributed by atoms with Crippen LogP contribution in [0.2, 0.25) is 0 Å². The number of non-ortho nitro benzene ring substituents is 2. The van der Waals surface area contributed by atoms with Crippen LogP contribution in [-0.2, 0) is 11.2 Å². The smallest absolute Gasteiger partial charge is 0.430 e. The maximum atomic E-state index is 12.7. The van der Waals surface area contributed by atoms with Crippen molar-refractivity contribution in [3.8, 4) is 17.2 Å². The number of hydrogen-bond donors (Lipinski definition) is 0. The van der Waals surface area contributed by atoms with Gasteiger partial charge in [0.15, 0.2) is 0 Å². The Labute approximate surface area is 252 Å². The molecule has 0 spiro atoms. The Kier molecular flexibility index (Phi) is 7.66. The van der Waals surface area contributed by atoms with Crippen LogP contribution in [0, 0.1) is 37.5 Å². The molecule has 0 aliphatic heterocycles. The molecule has 0 heterocycles. The first-order valence-electron chi connectivity index (χ1n) is 14.5. The van der Waals surface area contributed by atoms with E-state index in [0.717, 1.165) is 44.1 Å². The van der Waals surface area contributed by atoms with Crippen LogP contribution in [-0.4, -0.2) is 28.3 Å². The highest BCUT2D eigenvalue weighted by Crippen LogP contribution is 2.61. The molecule has 12 nitrogen and oxygen atoms in total. The van der Waals surface area contributed by atoms with Crippen molar-refractivity contribution in [1.82, 2.24) is 0 Å².